The second-order valence-electron chi connectivity index (χ2n) is 3.86. The Balaban J connectivity index is 2.65. The van der Waals surface area contributed by atoms with Crippen LogP contribution in [0.1, 0.15) is 13.8 Å². The molecular formula is C10H16N2O4. The van der Waals surface area contributed by atoms with Crippen LogP contribution in [-0.4, -0.2) is 47.3 Å². The van der Waals surface area contributed by atoms with Crippen LogP contribution >= 0.6 is 0 Å². The molecule has 6 heteroatoms. The Hall–Kier alpha value is -1.40. The Morgan fingerprint density at radius 3 is 2.31 bits per heavy atom. The molecule has 0 aromatic rings. The molecule has 1 saturated heterocycles. The zero-order valence-electron chi connectivity index (χ0n) is 9.28. The molecule has 1 aliphatic rings. The van der Waals surface area contributed by atoms with E-state index in [1.165, 1.54) is 6.92 Å². The van der Waals surface area contributed by atoms with Gasteiger partial charge >= 0.3 is 5.97 Å². The lowest BCUT2D eigenvalue weighted by Crippen LogP contribution is -2.48. The summed E-state index contributed by atoms with van der Waals surface area (Å²) in [5, 5.41) is 23.3. The molecule has 0 bridgehead atoms. The Morgan fingerprint density at radius 2 is 2.00 bits per heavy atom. The molecular weight excluding hydrogens is 212 g/mol. The van der Waals surface area contributed by atoms with E-state index in [-0.39, 0.29) is 0 Å². The third-order valence-electron chi connectivity index (χ3n) is 2.58. The molecule has 0 saturated carbocycles. The summed E-state index contributed by atoms with van der Waals surface area (Å²) in [6.07, 6.45) is -1.13. The summed E-state index contributed by atoms with van der Waals surface area (Å²) in [5.74, 6) is -1.68. The minimum Gasteiger partial charge on any atom is -0.480 e. The smallest absolute Gasteiger partial charge is 0.328 e. The molecule has 0 aromatic heterocycles. The van der Waals surface area contributed by atoms with Crippen LogP contribution in [0.2, 0.25) is 0 Å². The number of amides is 1. The van der Waals surface area contributed by atoms with Crippen molar-refractivity contribution in [3.63, 3.8) is 0 Å². The second-order valence-corrected chi connectivity index (χ2v) is 3.86. The van der Waals surface area contributed by atoms with Crippen molar-refractivity contribution in [2.75, 3.05) is 13.1 Å². The first-order valence-corrected chi connectivity index (χ1v) is 5.04. The molecule has 0 aromatic carbocycles. The van der Waals surface area contributed by atoms with Crippen LogP contribution in [0.4, 0.5) is 0 Å². The van der Waals surface area contributed by atoms with Gasteiger partial charge in [-0.1, -0.05) is 0 Å². The highest BCUT2D eigenvalue weighted by Crippen LogP contribution is 2.09. The van der Waals surface area contributed by atoms with Gasteiger partial charge in [0, 0.05) is 18.7 Å². The average molecular weight is 228 g/mol. The third kappa shape index (κ3) is 2.80. The maximum Gasteiger partial charge on any atom is 0.328 e. The third-order valence-corrected chi connectivity index (χ3v) is 2.58. The quantitative estimate of drug-likeness (QED) is 0.456. The zero-order chi connectivity index (χ0) is 12.3. The highest BCUT2D eigenvalue weighted by molar-refractivity contribution is 5.96. The van der Waals surface area contributed by atoms with Gasteiger partial charge in [0.25, 0.3) is 0 Å². The van der Waals surface area contributed by atoms with E-state index >= 15 is 0 Å². The number of aliphatic carboxylic acids is 1. The van der Waals surface area contributed by atoms with Crippen molar-refractivity contribution in [1.82, 2.24) is 10.6 Å². The molecule has 2 atom stereocenters. The van der Waals surface area contributed by atoms with Gasteiger partial charge in [-0.05, 0) is 19.4 Å². The van der Waals surface area contributed by atoms with Crippen LogP contribution in [0.3, 0.4) is 0 Å². The largest absolute Gasteiger partial charge is 0.480 e. The molecule has 90 valence electrons. The van der Waals surface area contributed by atoms with Crippen molar-refractivity contribution in [2.24, 2.45) is 0 Å². The summed E-state index contributed by atoms with van der Waals surface area (Å²) >= 11 is 0. The van der Waals surface area contributed by atoms with Gasteiger partial charge in [0.2, 0.25) is 5.91 Å². The first-order valence-electron chi connectivity index (χ1n) is 5.04. The van der Waals surface area contributed by atoms with Crippen LogP contribution in [0, 0.1) is 0 Å². The Kier molecular flexibility index (Phi) is 4.03. The molecule has 1 amide bonds. The second kappa shape index (κ2) is 5.09. The van der Waals surface area contributed by atoms with E-state index in [4.69, 9.17) is 5.11 Å². The van der Waals surface area contributed by atoms with Gasteiger partial charge in [0.15, 0.2) is 6.04 Å². The predicted molar refractivity (Wildman–Crippen MR) is 56.8 cm³/mol. The molecule has 1 heterocycles. The maximum atomic E-state index is 11.6. The number of carbonyl (C=O) groups is 2. The van der Waals surface area contributed by atoms with Crippen molar-refractivity contribution >= 4 is 11.9 Å². The highest BCUT2D eigenvalue weighted by Gasteiger charge is 2.26. The number of rotatable bonds is 4. The lowest BCUT2D eigenvalue weighted by atomic mass is 10.0. The van der Waals surface area contributed by atoms with E-state index in [1.54, 1.807) is 6.92 Å². The summed E-state index contributed by atoms with van der Waals surface area (Å²) in [5.41, 5.74) is 1.48. The van der Waals surface area contributed by atoms with Crippen molar-refractivity contribution in [3.05, 3.63) is 11.1 Å². The fourth-order valence-corrected chi connectivity index (χ4v) is 1.31. The van der Waals surface area contributed by atoms with Crippen molar-refractivity contribution in [1.29, 1.82) is 0 Å². The average Bonchev–Trinajstić information content (AvgIpc) is 2.09. The van der Waals surface area contributed by atoms with E-state index in [1.807, 2.05) is 0 Å². The standard InChI is InChI=1S/C10H16N2O4/c1-5(7-3-11-4-7)9(14)12-8(6(2)13)10(15)16/h6,8,11,13H,3-4H2,1-2H3,(H,12,14)(H,15,16)/t6-,8+/m1/s1. The fraction of sp³-hybridized carbons (Fsp3) is 0.600. The highest BCUT2D eigenvalue weighted by atomic mass is 16.4. The van der Waals surface area contributed by atoms with Crippen molar-refractivity contribution < 1.29 is 19.8 Å². The lowest BCUT2D eigenvalue weighted by molar-refractivity contribution is -0.144. The van der Waals surface area contributed by atoms with Gasteiger partial charge in [-0.3, -0.25) is 4.79 Å². The minimum absolute atomic E-state index is 0.440. The number of nitrogens with one attached hydrogen (secondary N) is 2. The zero-order valence-corrected chi connectivity index (χ0v) is 9.28. The summed E-state index contributed by atoms with van der Waals surface area (Å²) in [6.45, 7) is 4.29. The molecule has 1 rings (SSSR count). The Bertz CT molecular complexity index is 330. The molecule has 0 aliphatic carbocycles. The Labute approximate surface area is 93.3 Å². The van der Waals surface area contributed by atoms with Gasteiger partial charge in [-0.2, -0.15) is 0 Å². The molecule has 1 aliphatic heterocycles. The van der Waals surface area contributed by atoms with Crippen LogP contribution < -0.4 is 10.6 Å². The number of carboxylic acids is 1. The van der Waals surface area contributed by atoms with Crippen LogP contribution in [0.25, 0.3) is 0 Å². The van der Waals surface area contributed by atoms with E-state index in [0.29, 0.717) is 18.7 Å². The molecule has 1 fully saturated rings. The first-order chi connectivity index (χ1) is 7.43. The number of hydrogen-bond donors (Lipinski definition) is 4. The van der Waals surface area contributed by atoms with Crippen LogP contribution in [0.15, 0.2) is 11.1 Å². The summed E-state index contributed by atoms with van der Waals surface area (Å²) in [4.78, 5) is 22.4. The van der Waals surface area contributed by atoms with Gasteiger partial charge in [0.1, 0.15) is 0 Å². The predicted octanol–water partition coefficient (Wildman–Crippen LogP) is -1.14. The number of aliphatic hydroxyl groups is 1. The number of carboxylic acid groups (broad SMARTS) is 1. The molecule has 6 nitrogen and oxygen atoms in total. The monoisotopic (exact) mass is 228 g/mol. The van der Waals surface area contributed by atoms with Crippen molar-refractivity contribution in [3.8, 4) is 0 Å². The summed E-state index contributed by atoms with van der Waals surface area (Å²) in [6, 6.07) is -1.27. The fourth-order valence-electron chi connectivity index (χ4n) is 1.31. The SMILES string of the molecule is CC(C(=O)N[C@H](C(=O)O)[C@@H](C)O)=C1CNC1. The van der Waals surface area contributed by atoms with E-state index in [0.717, 1.165) is 5.57 Å². The first kappa shape index (κ1) is 12.7. The topological polar surface area (TPSA) is 98.7 Å². The molecule has 0 unspecified atom stereocenters. The van der Waals surface area contributed by atoms with E-state index in [9.17, 15) is 14.7 Å². The number of carbonyl (C=O) groups excluding carboxylic acids is 1. The number of hydrogen-bond acceptors (Lipinski definition) is 4. The van der Waals surface area contributed by atoms with Gasteiger partial charge < -0.3 is 20.8 Å². The van der Waals surface area contributed by atoms with E-state index < -0.39 is 24.0 Å². The normalized spacial score (nSPS) is 18.3. The van der Waals surface area contributed by atoms with Crippen LogP contribution in [0.5, 0.6) is 0 Å². The van der Waals surface area contributed by atoms with E-state index in [2.05, 4.69) is 10.6 Å². The maximum absolute atomic E-state index is 11.6. The lowest BCUT2D eigenvalue weighted by Gasteiger charge is -2.23. The minimum atomic E-state index is -1.27. The molecule has 4 N–H and O–H groups in total. The summed E-state index contributed by atoms with van der Waals surface area (Å²) < 4.78 is 0. The molecule has 0 radical (unpaired) electrons. The van der Waals surface area contributed by atoms with Crippen molar-refractivity contribution in [2.45, 2.75) is 26.0 Å². The summed E-state index contributed by atoms with van der Waals surface area (Å²) in [7, 11) is 0. The number of aliphatic hydroxyl groups excluding tert-OH is 1. The molecule has 16 heavy (non-hydrogen) atoms. The molecule has 0 spiro atoms. The van der Waals surface area contributed by atoms with Gasteiger partial charge in [-0.25, -0.2) is 4.79 Å². The van der Waals surface area contributed by atoms with Gasteiger partial charge in [0.05, 0.1) is 6.10 Å². The van der Waals surface area contributed by atoms with Gasteiger partial charge in [-0.15, -0.1) is 0 Å². The van der Waals surface area contributed by atoms with Crippen LogP contribution in [-0.2, 0) is 9.59 Å². The Morgan fingerprint density at radius 1 is 1.44 bits per heavy atom.